The van der Waals surface area contributed by atoms with E-state index in [4.69, 9.17) is 0 Å². The highest BCUT2D eigenvalue weighted by molar-refractivity contribution is 5.94. The third kappa shape index (κ3) is 2.90. The van der Waals surface area contributed by atoms with Crippen LogP contribution in [0.5, 0.6) is 0 Å². The normalized spacial score (nSPS) is 25.4. The molecule has 1 fully saturated rings. The summed E-state index contributed by atoms with van der Waals surface area (Å²) in [6.07, 6.45) is 4.33. The molecule has 1 amide bonds. The average Bonchev–Trinajstić information content (AvgIpc) is 3.43. The Morgan fingerprint density at radius 3 is 2.60 bits per heavy atom. The molecular weight excluding hydrogens is 310 g/mol. The Balaban J connectivity index is 1.76. The van der Waals surface area contributed by atoms with Crippen molar-refractivity contribution < 1.29 is 4.79 Å². The molecule has 1 aliphatic carbocycles. The monoisotopic (exact) mass is 335 g/mol. The van der Waals surface area contributed by atoms with Gasteiger partial charge in [-0.1, -0.05) is 31.2 Å². The van der Waals surface area contributed by atoms with Gasteiger partial charge in [0.2, 0.25) is 5.91 Å². The molecule has 25 heavy (non-hydrogen) atoms. The molecule has 3 atom stereocenters. The lowest BCUT2D eigenvalue weighted by atomic mass is 9.80. The van der Waals surface area contributed by atoms with Crippen LogP contribution < -0.4 is 10.2 Å². The SMILES string of the molecule is CC(=O)N1c2ccccc2C(Nc2ccc(C)cn2)C(C)C1C1CC1. The number of benzene rings is 1. The molecule has 4 heteroatoms. The van der Waals surface area contributed by atoms with Crippen LogP contribution in [0, 0.1) is 18.8 Å². The predicted octanol–water partition coefficient (Wildman–Crippen LogP) is 4.32. The van der Waals surface area contributed by atoms with Crippen molar-refractivity contribution in [2.45, 2.75) is 45.7 Å². The van der Waals surface area contributed by atoms with Crippen LogP contribution >= 0.6 is 0 Å². The lowest BCUT2D eigenvalue weighted by molar-refractivity contribution is -0.117. The number of aryl methyl sites for hydroxylation is 1. The number of rotatable bonds is 3. The standard InChI is InChI=1S/C21H25N3O/c1-13-8-11-19(22-12-13)23-20-14(2)21(16-9-10-16)24(15(3)25)18-7-5-4-6-17(18)20/h4-8,11-12,14,16,20-21H,9-10H2,1-3H3,(H,22,23). The molecule has 2 heterocycles. The summed E-state index contributed by atoms with van der Waals surface area (Å²) in [5.41, 5.74) is 3.39. The minimum Gasteiger partial charge on any atom is -0.363 e. The maximum Gasteiger partial charge on any atom is 0.224 e. The van der Waals surface area contributed by atoms with Crippen LogP contribution in [0.1, 0.15) is 43.9 Å². The molecule has 4 rings (SSSR count). The smallest absolute Gasteiger partial charge is 0.224 e. The third-order valence-corrected chi connectivity index (χ3v) is 5.55. The molecule has 2 aromatic rings. The first kappa shape index (κ1) is 16.1. The molecule has 4 nitrogen and oxygen atoms in total. The highest BCUT2D eigenvalue weighted by Crippen LogP contribution is 2.49. The number of hydrogen-bond acceptors (Lipinski definition) is 3. The quantitative estimate of drug-likeness (QED) is 0.908. The minimum atomic E-state index is 0.142. The number of aromatic nitrogens is 1. The van der Waals surface area contributed by atoms with Crippen LogP contribution in [0.2, 0.25) is 0 Å². The molecule has 1 aromatic heterocycles. The number of pyridine rings is 1. The van der Waals surface area contributed by atoms with Crippen LogP contribution in [0.25, 0.3) is 0 Å². The van der Waals surface area contributed by atoms with Gasteiger partial charge in [0.05, 0.1) is 6.04 Å². The summed E-state index contributed by atoms with van der Waals surface area (Å²) in [5.74, 6) is 1.98. The van der Waals surface area contributed by atoms with E-state index in [-0.39, 0.29) is 18.0 Å². The third-order valence-electron chi connectivity index (χ3n) is 5.55. The van der Waals surface area contributed by atoms with Gasteiger partial charge in [-0.25, -0.2) is 4.98 Å². The number of hydrogen-bond donors (Lipinski definition) is 1. The fourth-order valence-corrected chi connectivity index (χ4v) is 4.23. The lowest BCUT2D eigenvalue weighted by Gasteiger charge is -2.45. The number of amides is 1. The van der Waals surface area contributed by atoms with Gasteiger partial charge in [0.15, 0.2) is 0 Å². The Bertz CT molecular complexity index is 782. The van der Waals surface area contributed by atoms with Gasteiger partial charge in [-0.05, 0) is 48.9 Å². The number of para-hydroxylation sites is 1. The zero-order valence-corrected chi connectivity index (χ0v) is 15.1. The van der Waals surface area contributed by atoms with Crippen LogP contribution in [-0.4, -0.2) is 16.9 Å². The second-order valence-corrected chi connectivity index (χ2v) is 7.48. The van der Waals surface area contributed by atoms with Gasteiger partial charge in [0.25, 0.3) is 0 Å². The lowest BCUT2D eigenvalue weighted by Crippen LogP contribution is -2.51. The summed E-state index contributed by atoms with van der Waals surface area (Å²) in [6.45, 7) is 6.00. The topological polar surface area (TPSA) is 45.2 Å². The molecule has 0 saturated heterocycles. The van der Waals surface area contributed by atoms with E-state index in [0.29, 0.717) is 11.8 Å². The van der Waals surface area contributed by atoms with Gasteiger partial charge in [0.1, 0.15) is 5.82 Å². The van der Waals surface area contributed by atoms with E-state index >= 15 is 0 Å². The van der Waals surface area contributed by atoms with E-state index in [1.807, 2.05) is 30.2 Å². The minimum absolute atomic E-state index is 0.142. The highest BCUT2D eigenvalue weighted by atomic mass is 16.2. The van der Waals surface area contributed by atoms with Crippen LogP contribution in [0.15, 0.2) is 42.6 Å². The summed E-state index contributed by atoms with van der Waals surface area (Å²) in [6, 6.07) is 12.8. The van der Waals surface area contributed by atoms with Crippen molar-refractivity contribution in [1.82, 2.24) is 4.98 Å². The zero-order chi connectivity index (χ0) is 17.6. The summed E-state index contributed by atoms with van der Waals surface area (Å²) < 4.78 is 0. The Morgan fingerprint density at radius 1 is 1.20 bits per heavy atom. The van der Waals surface area contributed by atoms with Crippen molar-refractivity contribution in [2.24, 2.45) is 11.8 Å². The fourth-order valence-electron chi connectivity index (χ4n) is 4.23. The summed E-state index contributed by atoms with van der Waals surface area (Å²) in [4.78, 5) is 19.0. The molecule has 0 radical (unpaired) electrons. The van der Waals surface area contributed by atoms with Gasteiger partial charge in [-0.15, -0.1) is 0 Å². The van der Waals surface area contributed by atoms with Gasteiger partial charge in [0, 0.05) is 30.8 Å². The number of fused-ring (bicyclic) bond motifs is 1. The van der Waals surface area contributed by atoms with Crippen molar-refractivity contribution in [3.8, 4) is 0 Å². The molecule has 1 saturated carbocycles. The Kier molecular flexibility index (Phi) is 3.98. The van der Waals surface area contributed by atoms with Crippen LogP contribution in [0.3, 0.4) is 0 Å². The largest absolute Gasteiger partial charge is 0.363 e. The van der Waals surface area contributed by atoms with E-state index in [1.165, 1.54) is 18.4 Å². The molecule has 0 bridgehead atoms. The summed E-state index contributed by atoms with van der Waals surface area (Å²) in [5, 5.41) is 3.64. The Hall–Kier alpha value is -2.36. The summed E-state index contributed by atoms with van der Waals surface area (Å²) >= 11 is 0. The molecule has 130 valence electrons. The first-order chi connectivity index (χ1) is 12.1. The molecule has 3 unspecified atom stereocenters. The van der Waals surface area contributed by atoms with Gasteiger partial charge < -0.3 is 10.2 Å². The van der Waals surface area contributed by atoms with E-state index in [0.717, 1.165) is 17.1 Å². The van der Waals surface area contributed by atoms with Gasteiger partial charge in [-0.3, -0.25) is 4.79 Å². The van der Waals surface area contributed by atoms with Crippen LogP contribution in [0.4, 0.5) is 11.5 Å². The molecular formula is C21H25N3O. The first-order valence-electron chi connectivity index (χ1n) is 9.14. The highest BCUT2D eigenvalue weighted by Gasteiger charge is 2.47. The maximum atomic E-state index is 12.4. The first-order valence-corrected chi connectivity index (χ1v) is 9.14. The number of carbonyl (C=O) groups excluding carboxylic acids is 1. The molecule has 0 spiro atoms. The fraction of sp³-hybridized carbons (Fsp3) is 0.429. The van der Waals surface area contributed by atoms with E-state index < -0.39 is 0 Å². The van der Waals surface area contributed by atoms with E-state index in [9.17, 15) is 4.79 Å². The zero-order valence-electron chi connectivity index (χ0n) is 15.1. The van der Waals surface area contributed by atoms with Crippen molar-refractivity contribution in [3.63, 3.8) is 0 Å². The number of nitrogens with one attached hydrogen (secondary N) is 1. The average molecular weight is 335 g/mol. The predicted molar refractivity (Wildman–Crippen MR) is 101 cm³/mol. The molecule has 2 aliphatic rings. The van der Waals surface area contributed by atoms with Gasteiger partial charge >= 0.3 is 0 Å². The van der Waals surface area contributed by atoms with Crippen molar-refractivity contribution in [1.29, 1.82) is 0 Å². The molecule has 1 aromatic carbocycles. The Labute approximate surface area is 149 Å². The van der Waals surface area contributed by atoms with Gasteiger partial charge in [-0.2, -0.15) is 0 Å². The Morgan fingerprint density at radius 2 is 1.96 bits per heavy atom. The number of carbonyl (C=O) groups is 1. The molecule has 1 N–H and O–H groups in total. The maximum absolute atomic E-state index is 12.4. The number of anilines is 2. The van der Waals surface area contributed by atoms with Crippen molar-refractivity contribution in [2.75, 3.05) is 10.2 Å². The van der Waals surface area contributed by atoms with Crippen molar-refractivity contribution >= 4 is 17.4 Å². The van der Waals surface area contributed by atoms with E-state index in [1.54, 1.807) is 6.92 Å². The number of nitrogens with zero attached hydrogens (tertiary/aromatic N) is 2. The second-order valence-electron chi connectivity index (χ2n) is 7.48. The summed E-state index contributed by atoms with van der Waals surface area (Å²) in [7, 11) is 0. The van der Waals surface area contributed by atoms with Crippen molar-refractivity contribution in [3.05, 3.63) is 53.7 Å². The molecule has 1 aliphatic heterocycles. The second kappa shape index (κ2) is 6.17. The van der Waals surface area contributed by atoms with E-state index in [2.05, 4.69) is 41.5 Å². The van der Waals surface area contributed by atoms with Crippen LogP contribution in [-0.2, 0) is 4.79 Å².